The van der Waals surface area contributed by atoms with Crippen molar-refractivity contribution in [1.29, 1.82) is 0 Å². The van der Waals surface area contributed by atoms with Gasteiger partial charge in [0.05, 0.1) is 0 Å². The van der Waals surface area contributed by atoms with E-state index in [1.165, 1.54) is 0 Å². The molecule has 0 aliphatic heterocycles. The number of rotatable bonds is 3. The number of anilines is 2. The van der Waals surface area contributed by atoms with Crippen LogP contribution in [0.4, 0.5) is 11.4 Å². The lowest BCUT2D eigenvalue weighted by atomic mass is 10.2. The normalized spacial score (nSPS) is 10.7. The van der Waals surface area contributed by atoms with E-state index in [-0.39, 0.29) is 5.76 Å². The fourth-order valence-corrected chi connectivity index (χ4v) is 2.10. The Balaban J connectivity index is 2.11. The van der Waals surface area contributed by atoms with Crippen molar-refractivity contribution >= 4 is 28.3 Å². The van der Waals surface area contributed by atoms with Crippen LogP contribution in [0.3, 0.4) is 0 Å². The molecule has 0 saturated heterocycles. The van der Waals surface area contributed by atoms with Crippen molar-refractivity contribution in [3.05, 3.63) is 59.9 Å². The zero-order chi connectivity index (χ0) is 14.1. The molecule has 0 fully saturated rings. The van der Waals surface area contributed by atoms with Crippen molar-refractivity contribution < 1.29 is 14.3 Å². The number of carboxylic acid groups (broad SMARTS) is 1. The second kappa shape index (κ2) is 4.74. The van der Waals surface area contributed by atoms with Crippen molar-refractivity contribution in [2.24, 2.45) is 0 Å². The molecule has 3 aromatic rings. The molecule has 0 bridgehead atoms. The summed E-state index contributed by atoms with van der Waals surface area (Å²) in [7, 11) is 0. The summed E-state index contributed by atoms with van der Waals surface area (Å²) in [6.07, 6.45) is 0. The van der Waals surface area contributed by atoms with E-state index < -0.39 is 5.97 Å². The highest BCUT2D eigenvalue weighted by Gasteiger charge is 2.19. The molecular weight excluding hydrogens is 254 g/mol. The van der Waals surface area contributed by atoms with Crippen LogP contribution < -0.4 is 5.32 Å². The lowest BCUT2D eigenvalue weighted by Gasteiger charge is -2.06. The molecule has 3 rings (SSSR count). The van der Waals surface area contributed by atoms with Crippen molar-refractivity contribution in [3.8, 4) is 0 Å². The highest BCUT2D eigenvalue weighted by Crippen LogP contribution is 2.33. The number of aromatic carboxylic acids is 1. The summed E-state index contributed by atoms with van der Waals surface area (Å²) in [6, 6.07) is 15.0. The summed E-state index contributed by atoms with van der Waals surface area (Å²) < 4.78 is 5.39. The standard InChI is InChI=1S/C16H13NO3/c1-10-6-8-11(9-7-10)17-14-12-4-2-3-5-13(12)20-15(14)16(18)19/h2-9,17H,1H3,(H,18,19). The number of furan rings is 1. The van der Waals surface area contributed by atoms with Gasteiger partial charge in [-0.15, -0.1) is 0 Å². The van der Waals surface area contributed by atoms with E-state index in [4.69, 9.17) is 4.42 Å². The fourth-order valence-electron chi connectivity index (χ4n) is 2.10. The van der Waals surface area contributed by atoms with Crippen LogP contribution in [0.1, 0.15) is 16.1 Å². The molecule has 4 nitrogen and oxygen atoms in total. The van der Waals surface area contributed by atoms with E-state index in [0.717, 1.165) is 16.6 Å². The number of nitrogens with one attached hydrogen (secondary N) is 1. The molecule has 100 valence electrons. The van der Waals surface area contributed by atoms with Gasteiger partial charge in [-0.1, -0.05) is 29.8 Å². The number of hydrogen-bond acceptors (Lipinski definition) is 3. The van der Waals surface area contributed by atoms with Gasteiger partial charge in [-0.3, -0.25) is 0 Å². The Morgan fingerprint density at radius 3 is 2.50 bits per heavy atom. The molecular formula is C16H13NO3. The Morgan fingerprint density at radius 1 is 1.10 bits per heavy atom. The summed E-state index contributed by atoms with van der Waals surface area (Å²) in [5.74, 6) is -1.16. The van der Waals surface area contributed by atoms with Gasteiger partial charge in [-0.25, -0.2) is 4.79 Å². The summed E-state index contributed by atoms with van der Waals surface area (Å²) in [5.41, 5.74) is 3.01. The Hall–Kier alpha value is -2.75. The first-order valence-corrected chi connectivity index (χ1v) is 6.23. The molecule has 2 N–H and O–H groups in total. The smallest absolute Gasteiger partial charge is 0.374 e. The number of fused-ring (bicyclic) bond motifs is 1. The number of para-hydroxylation sites is 1. The Kier molecular flexibility index (Phi) is 2.91. The van der Waals surface area contributed by atoms with E-state index in [1.807, 2.05) is 49.4 Å². The largest absolute Gasteiger partial charge is 0.475 e. The molecule has 0 atom stereocenters. The second-order valence-corrected chi connectivity index (χ2v) is 4.60. The van der Waals surface area contributed by atoms with Gasteiger partial charge in [0, 0.05) is 11.1 Å². The Labute approximate surface area is 115 Å². The van der Waals surface area contributed by atoms with Crippen LogP contribution in [0.25, 0.3) is 11.0 Å². The van der Waals surface area contributed by atoms with Gasteiger partial charge in [0.2, 0.25) is 5.76 Å². The van der Waals surface area contributed by atoms with Gasteiger partial charge in [-0.2, -0.15) is 0 Å². The Morgan fingerprint density at radius 2 is 1.80 bits per heavy atom. The van der Waals surface area contributed by atoms with Gasteiger partial charge in [0.1, 0.15) is 11.3 Å². The topological polar surface area (TPSA) is 62.5 Å². The average Bonchev–Trinajstić information content (AvgIpc) is 2.81. The van der Waals surface area contributed by atoms with E-state index in [1.54, 1.807) is 6.07 Å². The van der Waals surface area contributed by atoms with Crippen LogP contribution in [-0.2, 0) is 0 Å². The van der Waals surface area contributed by atoms with Crippen molar-refractivity contribution in [2.75, 3.05) is 5.32 Å². The first kappa shape index (κ1) is 12.3. The number of hydrogen-bond donors (Lipinski definition) is 2. The third-order valence-electron chi connectivity index (χ3n) is 3.11. The van der Waals surface area contributed by atoms with Crippen LogP contribution in [-0.4, -0.2) is 11.1 Å². The molecule has 0 aliphatic rings. The highest BCUT2D eigenvalue weighted by atomic mass is 16.4. The molecule has 0 saturated carbocycles. The quantitative estimate of drug-likeness (QED) is 0.747. The highest BCUT2D eigenvalue weighted by molar-refractivity contribution is 6.04. The molecule has 0 amide bonds. The lowest BCUT2D eigenvalue weighted by molar-refractivity contribution is 0.0666. The van der Waals surface area contributed by atoms with Crippen LogP contribution in [0.2, 0.25) is 0 Å². The zero-order valence-electron chi connectivity index (χ0n) is 10.9. The van der Waals surface area contributed by atoms with Gasteiger partial charge in [0.25, 0.3) is 0 Å². The van der Waals surface area contributed by atoms with Crippen LogP contribution >= 0.6 is 0 Å². The zero-order valence-corrected chi connectivity index (χ0v) is 10.9. The molecule has 0 unspecified atom stereocenters. The molecule has 1 heterocycles. The Bertz CT molecular complexity index is 772. The molecule has 1 aromatic heterocycles. The SMILES string of the molecule is Cc1ccc(Nc2c(C(=O)O)oc3ccccc23)cc1. The van der Waals surface area contributed by atoms with E-state index in [0.29, 0.717) is 11.3 Å². The number of carboxylic acids is 1. The van der Waals surface area contributed by atoms with Crippen LogP contribution in [0, 0.1) is 6.92 Å². The summed E-state index contributed by atoms with van der Waals surface area (Å²) in [5, 5.41) is 13.1. The predicted octanol–water partition coefficient (Wildman–Crippen LogP) is 4.18. The molecule has 0 aliphatic carbocycles. The monoisotopic (exact) mass is 267 g/mol. The maximum Gasteiger partial charge on any atom is 0.374 e. The third-order valence-corrected chi connectivity index (χ3v) is 3.11. The number of benzene rings is 2. The number of aryl methyl sites for hydroxylation is 1. The van der Waals surface area contributed by atoms with E-state index in [2.05, 4.69) is 5.32 Å². The lowest BCUT2D eigenvalue weighted by Crippen LogP contribution is -1.99. The second-order valence-electron chi connectivity index (χ2n) is 4.60. The summed E-state index contributed by atoms with van der Waals surface area (Å²) >= 11 is 0. The maximum absolute atomic E-state index is 11.3. The van der Waals surface area contributed by atoms with Crippen LogP contribution in [0.15, 0.2) is 52.9 Å². The minimum Gasteiger partial charge on any atom is -0.475 e. The van der Waals surface area contributed by atoms with Gasteiger partial charge in [-0.05, 0) is 31.2 Å². The van der Waals surface area contributed by atoms with Crippen LogP contribution in [0.5, 0.6) is 0 Å². The van der Waals surface area contributed by atoms with Crippen molar-refractivity contribution in [2.45, 2.75) is 6.92 Å². The summed E-state index contributed by atoms with van der Waals surface area (Å²) in [4.78, 5) is 11.3. The average molecular weight is 267 g/mol. The first-order valence-electron chi connectivity index (χ1n) is 6.23. The third kappa shape index (κ3) is 2.12. The molecule has 0 radical (unpaired) electrons. The van der Waals surface area contributed by atoms with Gasteiger partial charge >= 0.3 is 5.97 Å². The number of carbonyl (C=O) groups is 1. The van der Waals surface area contributed by atoms with Crippen molar-refractivity contribution in [1.82, 2.24) is 0 Å². The molecule has 20 heavy (non-hydrogen) atoms. The maximum atomic E-state index is 11.3. The fraction of sp³-hybridized carbons (Fsp3) is 0.0625. The minimum atomic E-state index is -1.09. The summed E-state index contributed by atoms with van der Waals surface area (Å²) in [6.45, 7) is 2.00. The van der Waals surface area contributed by atoms with E-state index >= 15 is 0 Å². The first-order chi connectivity index (χ1) is 9.65. The predicted molar refractivity (Wildman–Crippen MR) is 77.6 cm³/mol. The van der Waals surface area contributed by atoms with Crippen molar-refractivity contribution in [3.63, 3.8) is 0 Å². The molecule has 0 spiro atoms. The van der Waals surface area contributed by atoms with Gasteiger partial charge < -0.3 is 14.8 Å². The molecule has 2 aromatic carbocycles. The minimum absolute atomic E-state index is 0.0771. The van der Waals surface area contributed by atoms with Gasteiger partial charge in [0.15, 0.2) is 0 Å². The molecule has 4 heteroatoms. The van der Waals surface area contributed by atoms with E-state index in [9.17, 15) is 9.90 Å².